The zero-order valence-electron chi connectivity index (χ0n) is 13.3. The summed E-state index contributed by atoms with van der Waals surface area (Å²) in [6, 6.07) is 1.63. The Bertz CT molecular complexity index is 758. The summed E-state index contributed by atoms with van der Waals surface area (Å²) in [6.45, 7) is 3.74. The Kier molecular flexibility index (Phi) is 4.27. The molecule has 0 saturated carbocycles. The van der Waals surface area contributed by atoms with Gasteiger partial charge in [0.1, 0.15) is 5.76 Å². The normalized spacial score (nSPS) is 16.9. The first-order valence-corrected chi connectivity index (χ1v) is 7.81. The standard InChI is InChI=1S/C16H20N4O3/c1-9-13(10(2)23-20-9)4-6-15(21)17-12-3-5-14-11(7-12)8-16(22)19-18-14/h8,12H,3-7H2,1-2H3,(H,17,21)(H,19,22)/t12-/m0/s1. The highest BCUT2D eigenvalue weighted by Crippen LogP contribution is 2.18. The second kappa shape index (κ2) is 6.36. The maximum Gasteiger partial charge on any atom is 0.264 e. The van der Waals surface area contributed by atoms with Crippen LogP contribution in [0.4, 0.5) is 0 Å². The lowest BCUT2D eigenvalue weighted by Gasteiger charge is -2.24. The summed E-state index contributed by atoms with van der Waals surface area (Å²) in [7, 11) is 0. The van der Waals surface area contributed by atoms with Crippen LogP contribution in [0.2, 0.25) is 0 Å². The van der Waals surface area contributed by atoms with Crippen LogP contribution in [-0.4, -0.2) is 27.3 Å². The summed E-state index contributed by atoms with van der Waals surface area (Å²) >= 11 is 0. The lowest BCUT2D eigenvalue weighted by molar-refractivity contribution is -0.121. The largest absolute Gasteiger partial charge is 0.361 e. The van der Waals surface area contributed by atoms with Gasteiger partial charge < -0.3 is 9.84 Å². The lowest BCUT2D eigenvalue weighted by atomic mass is 9.92. The van der Waals surface area contributed by atoms with Crippen LogP contribution in [-0.2, 0) is 24.1 Å². The van der Waals surface area contributed by atoms with Crippen LogP contribution in [0.5, 0.6) is 0 Å². The Morgan fingerprint density at radius 1 is 1.48 bits per heavy atom. The smallest absolute Gasteiger partial charge is 0.264 e. The van der Waals surface area contributed by atoms with Crippen molar-refractivity contribution in [2.75, 3.05) is 0 Å². The molecule has 0 aliphatic heterocycles. The Hall–Kier alpha value is -2.44. The SMILES string of the molecule is Cc1noc(C)c1CCC(=O)N[C@H]1CCc2n[nH]c(=O)cc2C1. The van der Waals surface area contributed by atoms with Crippen LogP contribution in [0.1, 0.15) is 41.1 Å². The van der Waals surface area contributed by atoms with Crippen molar-refractivity contribution in [1.82, 2.24) is 20.7 Å². The first-order chi connectivity index (χ1) is 11.0. The molecule has 23 heavy (non-hydrogen) atoms. The van der Waals surface area contributed by atoms with Gasteiger partial charge in [0.15, 0.2) is 0 Å². The number of carbonyl (C=O) groups is 1. The molecule has 0 unspecified atom stereocenters. The minimum atomic E-state index is -0.200. The molecule has 2 aromatic heterocycles. The monoisotopic (exact) mass is 316 g/mol. The number of hydrogen-bond acceptors (Lipinski definition) is 5. The van der Waals surface area contributed by atoms with Gasteiger partial charge in [0.2, 0.25) is 5.91 Å². The van der Waals surface area contributed by atoms with Gasteiger partial charge in [-0.1, -0.05) is 5.16 Å². The molecule has 0 saturated heterocycles. The van der Waals surface area contributed by atoms with Crippen molar-refractivity contribution >= 4 is 5.91 Å². The minimum absolute atomic E-state index is 0.0104. The van der Waals surface area contributed by atoms with Gasteiger partial charge in [-0.3, -0.25) is 9.59 Å². The molecule has 0 fully saturated rings. The molecule has 2 N–H and O–H groups in total. The Balaban J connectivity index is 1.56. The second-order valence-corrected chi connectivity index (χ2v) is 6.01. The van der Waals surface area contributed by atoms with Crippen LogP contribution >= 0.6 is 0 Å². The molecule has 1 atom stereocenters. The van der Waals surface area contributed by atoms with E-state index in [4.69, 9.17) is 4.52 Å². The first-order valence-electron chi connectivity index (χ1n) is 7.81. The van der Waals surface area contributed by atoms with Crippen LogP contribution in [0.25, 0.3) is 0 Å². The number of aromatic amines is 1. The fourth-order valence-electron chi connectivity index (χ4n) is 3.06. The third-order valence-corrected chi connectivity index (χ3v) is 4.32. The van der Waals surface area contributed by atoms with E-state index in [9.17, 15) is 9.59 Å². The zero-order valence-corrected chi connectivity index (χ0v) is 13.3. The topological polar surface area (TPSA) is 101 Å². The van der Waals surface area contributed by atoms with Crippen molar-refractivity contribution in [1.29, 1.82) is 0 Å². The fourth-order valence-corrected chi connectivity index (χ4v) is 3.06. The lowest BCUT2D eigenvalue weighted by Crippen LogP contribution is -2.39. The summed E-state index contributed by atoms with van der Waals surface area (Å²) < 4.78 is 5.11. The molecule has 1 aliphatic carbocycles. The van der Waals surface area contributed by atoms with Crippen LogP contribution in [0.3, 0.4) is 0 Å². The third kappa shape index (κ3) is 3.49. The van der Waals surface area contributed by atoms with Gasteiger partial charge in [0.25, 0.3) is 5.56 Å². The molecule has 7 nitrogen and oxygen atoms in total. The van der Waals surface area contributed by atoms with E-state index in [2.05, 4.69) is 20.7 Å². The van der Waals surface area contributed by atoms with E-state index in [1.165, 1.54) is 0 Å². The molecular formula is C16H20N4O3. The highest BCUT2D eigenvalue weighted by atomic mass is 16.5. The van der Waals surface area contributed by atoms with Crippen LogP contribution < -0.4 is 10.9 Å². The number of amides is 1. The molecule has 2 aromatic rings. The second-order valence-electron chi connectivity index (χ2n) is 6.01. The summed E-state index contributed by atoms with van der Waals surface area (Å²) in [6.07, 6.45) is 3.28. The molecule has 0 radical (unpaired) electrons. The number of aromatic nitrogens is 3. The number of carbonyl (C=O) groups excluding carboxylic acids is 1. The predicted molar refractivity (Wildman–Crippen MR) is 83.1 cm³/mol. The molecule has 0 aromatic carbocycles. The van der Waals surface area contributed by atoms with Crippen LogP contribution in [0.15, 0.2) is 15.4 Å². The average molecular weight is 316 g/mol. The minimum Gasteiger partial charge on any atom is -0.361 e. The van der Waals surface area contributed by atoms with Gasteiger partial charge in [-0.15, -0.1) is 0 Å². The van der Waals surface area contributed by atoms with E-state index < -0.39 is 0 Å². The van der Waals surface area contributed by atoms with Gasteiger partial charge in [0, 0.05) is 24.1 Å². The fraction of sp³-hybridized carbons (Fsp3) is 0.500. The number of rotatable bonds is 4. The molecule has 1 amide bonds. The summed E-state index contributed by atoms with van der Waals surface area (Å²) in [5.41, 5.74) is 3.49. The Labute approximate surface area is 133 Å². The number of nitrogens with one attached hydrogen (secondary N) is 2. The highest BCUT2D eigenvalue weighted by Gasteiger charge is 2.22. The van der Waals surface area contributed by atoms with Crippen molar-refractivity contribution in [3.8, 4) is 0 Å². The van der Waals surface area contributed by atoms with Crippen molar-refractivity contribution in [3.05, 3.63) is 44.7 Å². The molecule has 0 spiro atoms. The molecule has 7 heteroatoms. The Morgan fingerprint density at radius 3 is 3.04 bits per heavy atom. The summed E-state index contributed by atoms with van der Waals surface area (Å²) in [5, 5.41) is 13.5. The molecule has 0 bridgehead atoms. The maximum atomic E-state index is 12.2. The number of hydrogen-bond donors (Lipinski definition) is 2. The third-order valence-electron chi connectivity index (χ3n) is 4.32. The van der Waals surface area contributed by atoms with Gasteiger partial charge in [0.05, 0.1) is 11.4 Å². The molecule has 122 valence electrons. The van der Waals surface area contributed by atoms with E-state index in [-0.39, 0.29) is 17.5 Å². The zero-order chi connectivity index (χ0) is 16.4. The Morgan fingerprint density at radius 2 is 2.30 bits per heavy atom. The van der Waals surface area contributed by atoms with Crippen molar-refractivity contribution in [3.63, 3.8) is 0 Å². The summed E-state index contributed by atoms with van der Waals surface area (Å²) in [4.78, 5) is 23.5. The van der Waals surface area contributed by atoms with E-state index >= 15 is 0 Å². The van der Waals surface area contributed by atoms with E-state index in [1.807, 2.05) is 13.8 Å². The van der Waals surface area contributed by atoms with Crippen molar-refractivity contribution in [2.45, 2.75) is 52.0 Å². The number of fused-ring (bicyclic) bond motifs is 1. The number of aryl methyl sites for hydroxylation is 3. The van der Waals surface area contributed by atoms with Gasteiger partial charge in [-0.25, -0.2) is 5.10 Å². The highest BCUT2D eigenvalue weighted by molar-refractivity contribution is 5.76. The predicted octanol–water partition coefficient (Wildman–Crippen LogP) is 0.981. The number of nitrogens with zero attached hydrogens (tertiary/aromatic N) is 2. The van der Waals surface area contributed by atoms with Crippen LogP contribution in [0, 0.1) is 13.8 Å². The maximum absolute atomic E-state index is 12.2. The van der Waals surface area contributed by atoms with Gasteiger partial charge >= 0.3 is 0 Å². The molecule has 2 heterocycles. The van der Waals surface area contributed by atoms with Gasteiger partial charge in [-0.2, -0.15) is 5.10 Å². The molecular weight excluding hydrogens is 296 g/mol. The quantitative estimate of drug-likeness (QED) is 0.875. The van der Waals surface area contributed by atoms with E-state index in [1.54, 1.807) is 6.07 Å². The van der Waals surface area contributed by atoms with Gasteiger partial charge in [-0.05, 0) is 45.1 Å². The average Bonchev–Trinajstić information content (AvgIpc) is 2.83. The van der Waals surface area contributed by atoms with E-state index in [0.717, 1.165) is 41.1 Å². The van der Waals surface area contributed by atoms with Crippen molar-refractivity contribution < 1.29 is 9.32 Å². The first kappa shape index (κ1) is 15.5. The summed E-state index contributed by atoms with van der Waals surface area (Å²) in [5.74, 6) is 0.781. The molecule has 3 rings (SSSR count). The van der Waals surface area contributed by atoms with Crippen molar-refractivity contribution in [2.24, 2.45) is 0 Å². The van der Waals surface area contributed by atoms with E-state index in [0.29, 0.717) is 19.3 Å². The number of H-pyrrole nitrogens is 1. The molecule has 1 aliphatic rings.